The lowest BCUT2D eigenvalue weighted by Crippen LogP contribution is -2.33. The first-order valence-electron chi connectivity index (χ1n) is 6.95. The van der Waals surface area contributed by atoms with Crippen molar-refractivity contribution >= 4 is 12.7 Å². The Morgan fingerprint density at radius 3 is 2.42 bits per heavy atom. The molecule has 0 spiro atoms. The van der Waals surface area contributed by atoms with Crippen molar-refractivity contribution in [2.24, 2.45) is 5.41 Å². The summed E-state index contributed by atoms with van der Waals surface area (Å²) in [4.78, 5) is 0. The summed E-state index contributed by atoms with van der Waals surface area (Å²) < 4.78 is 0. The van der Waals surface area contributed by atoms with Gasteiger partial charge < -0.3 is 15.5 Å². The molecule has 1 aliphatic heterocycles. The molecule has 0 aromatic heterocycles. The van der Waals surface area contributed by atoms with Gasteiger partial charge in [0.05, 0.1) is 0 Å². The third kappa shape index (κ3) is 3.66. The molecule has 2 unspecified atom stereocenters. The first kappa shape index (κ1) is 14.3. The Bertz CT molecular complexity index is 464. The van der Waals surface area contributed by atoms with E-state index in [0.717, 1.165) is 25.7 Å². The largest absolute Gasteiger partial charge is 0.504 e. The van der Waals surface area contributed by atoms with Crippen LogP contribution in [0.25, 0.3) is 0 Å². The first-order chi connectivity index (χ1) is 8.70. The highest BCUT2D eigenvalue weighted by Gasteiger charge is 2.45. The molecule has 19 heavy (non-hydrogen) atoms. The molecule has 3 N–H and O–H groups in total. The zero-order valence-corrected chi connectivity index (χ0v) is 12.3. The van der Waals surface area contributed by atoms with Gasteiger partial charge in [0.2, 0.25) is 0 Å². The minimum absolute atomic E-state index is 0.0269. The summed E-state index contributed by atoms with van der Waals surface area (Å²) in [6, 6.07) is 5.15. The van der Waals surface area contributed by atoms with Crippen molar-refractivity contribution in [3.05, 3.63) is 18.2 Å². The Labute approximate surface area is 116 Å². The molecule has 1 aromatic carbocycles. The molecule has 2 atom stereocenters. The zero-order chi connectivity index (χ0) is 14.3. The lowest BCUT2D eigenvalue weighted by Gasteiger charge is -2.29. The van der Waals surface area contributed by atoms with Crippen LogP contribution in [0.5, 0.6) is 11.5 Å². The van der Waals surface area contributed by atoms with Crippen molar-refractivity contribution in [2.75, 3.05) is 6.54 Å². The average molecular weight is 261 g/mol. The van der Waals surface area contributed by atoms with E-state index < -0.39 is 0 Å². The molecule has 1 aromatic rings. The van der Waals surface area contributed by atoms with Crippen molar-refractivity contribution in [3.8, 4) is 11.5 Å². The number of hydrogen-bond donors (Lipinski definition) is 3. The standard InChI is InChI=1S/C15H24BNO2/c1-14(2,3)8-13(15(4)9-17-15)16-10-5-6-11(18)12(19)7-10/h5-7,13,16-19H,8-9H2,1-4H3. The van der Waals surface area contributed by atoms with Gasteiger partial charge in [0.15, 0.2) is 18.8 Å². The van der Waals surface area contributed by atoms with Crippen LogP contribution in [0.4, 0.5) is 0 Å². The fourth-order valence-corrected chi connectivity index (χ4v) is 2.67. The SMILES string of the molecule is CC(C)(C)CC(Bc1ccc(O)c(O)c1)C1(C)CN1. The molecule has 0 amide bonds. The van der Waals surface area contributed by atoms with E-state index in [1.54, 1.807) is 12.1 Å². The second-order valence-corrected chi connectivity index (χ2v) is 7.26. The Morgan fingerprint density at radius 1 is 1.32 bits per heavy atom. The van der Waals surface area contributed by atoms with Crippen LogP contribution in [-0.4, -0.2) is 29.6 Å². The van der Waals surface area contributed by atoms with Crippen LogP contribution in [0.3, 0.4) is 0 Å². The Morgan fingerprint density at radius 2 is 1.95 bits per heavy atom. The second-order valence-electron chi connectivity index (χ2n) is 7.26. The molecule has 104 valence electrons. The summed E-state index contributed by atoms with van der Waals surface area (Å²) >= 11 is 0. The average Bonchev–Trinajstić information content (AvgIpc) is 3.00. The number of aromatic hydroxyl groups is 2. The fraction of sp³-hybridized carbons (Fsp3) is 0.600. The molecule has 1 aliphatic rings. The predicted octanol–water partition coefficient (Wildman–Crippen LogP) is 1.75. The Kier molecular flexibility index (Phi) is 3.56. The highest BCUT2D eigenvalue weighted by Crippen LogP contribution is 2.39. The van der Waals surface area contributed by atoms with Crippen LogP contribution in [0, 0.1) is 5.41 Å². The van der Waals surface area contributed by atoms with E-state index in [0.29, 0.717) is 5.82 Å². The van der Waals surface area contributed by atoms with Crippen molar-refractivity contribution in [1.29, 1.82) is 0 Å². The molecule has 3 nitrogen and oxygen atoms in total. The van der Waals surface area contributed by atoms with Crippen LogP contribution >= 0.6 is 0 Å². The number of phenolic OH excluding ortho intramolecular Hbond substituents is 2. The topological polar surface area (TPSA) is 62.4 Å². The Hall–Kier alpha value is -1.16. The van der Waals surface area contributed by atoms with Gasteiger partial charge in [-0.05, 0) is 30.3 Å². The number of phenols is 2. The summed E-state index contributed by atoms with van der Waals surface area (Å²) in [5.74, 6) is 0.462. The van der Waals surface area contributed by atoms with Gasteiger partial charge in [0.25, 0.3) is 0 Å². The predicted molar refractivity (Wildman–Crippen MR) is 80.8 cm³/mol. The highest BCUT2D eigenvalue weighted by molar-refractivity contribution is 6.55. The van der Waals surface area contributed by atoms with Crippen molar-refractivity contribution < 1.29 is 10.2 Å². The van der Waals surface area contributed by atoms with Crippen LogP contribution < -0.4 is 10.8 Å². The maximum Gasteiger partial charge on any atom is 0.163 e. The normalized spacial score (nSPS) is 24.0. The quantitative estimate of drug-likeness (QED) is 0.439. The maximum atomic E-state index is 9.60. The summed E-state index contributed by atoms with van der Waals surface area (Å²) in [5, 5.41) is 22.4. The van der Waals surface area contributed by atoms with E-state index in [1.165, 1.54) is 0 Å². The molecule has 1 saturated heterocycles. The van der Waals surface area contributed by atoms with Crippen molar-refractivity contribution in [1.82, 2.24) is 5.32 Å². The molecular weight excluding hydrogens is 237 g/mol. The maximum absolute atomic E-state index is 9.60. The number of benzene rings is 1. The molecule has 1 heterocycles. The van der Waals surface area contributed by atoms with Crippen molar-refractivity contribution in [3.63, 3.8) is 0 Å². The minimum atomic E-state index is -0.0492. The minimum Gasteiger partial charge on any atom is -0.504 e. The van der Waals surface area contributed by atoms with Gasteiger partial charge in [-0.1, -0.05) is 38.7 Å². The third-order valence-electron chi connectivity index (χ3n) is 4.02. The summed E-state index contributed by atoms with van der Waals surface area (Å²) in [6.07, 6.45) is 1.14. The van der Waals surface area contributed by atoms with Gasteiger partial charge in [0.1, 0.15) is 0 Å². The van der Waals surface area contributed by atoms with Gasteiger partial charge >= 0.3 is 0 Å². The number of hydrogen-bond acceptors (Lipinski definition) is 3. The summed E-state index contributed by atoms with van der Waals surface area (Å²) in [6.45, 7) is 10.1. The van der Waals surface area contributed by atoms with Gasteiger partial charge in [-0.25, -0.2) is 0 Å². The lowest BCUT2D eigenvalue weighted by atomic mass is 9.51. The van der Waals surface area contributed by atoms with E-state index in [9.17, 15) is 10.2 Å². The number of rotatable bonds is 4. The van der Waals surface area contributed by atoms with E-state index in [-0.39, 0.29) is 22.5 Å². The lowest BCUT2D eigenvalue weighted by molar-refractivity contribution is 0.345. The number of nitrogens with one attached hydrogen (secondary N) is 1. The van der Waals surface area contributed by atoms with E-state index in [2.05, 4.69) is 33.0 Å². The van der Waals surface area contributed by atoms with E-state index in [4.69, 9.17) is 0 Å². The van der Waals surface area contributed by atoms with E-state index >= 15 is 0 Å². The zero-order valence-electron chi connectivity index (χ0n) is 12.3. The molecule has 0 aliphatic carbocycles. The van der Waals surface area contributed by atoms with Crippen LogP contribution in [0.1, 0.15) is 34.1 Å². The smallest absolute Gasteiger partial charge is 0.163 e. The van der Waals surface area contributed by atoms with Gasteiger partial charge in [-0.3, -0.25) is 0 Å². The molecule has 4 heteroatoms. The van der Waals surface area contributed by atoms with Crippen LogP contribution in [0.2, 0.25) is 5.82 Å². The second kappa shape index (κ2) is 4.75. The molecule has 0 saturated carbocycles. The van der Waals surface area contributed by atoms with Gasteiger partial charge in [0, 0.05) is 12.1 Å². The monoisotopic (exact) mass is 261 g/mol. The molecular formula is C15H24BNO2. The molecule has 1 fully saturated rings. The third-order valence-corrected chi connectivity index (χ3v) is 4.02. The molecule has 0 radical (unpaired) electrons. The van der Waals surface area contributed by atoms with Gasteiger partial charge in [-0.2, -0.15) is 0 Å². The molecule has 0 bridgehead atoms. The fourth-order valence-electron chi connectivity index (χ4n) is 2.67. The van der Waals surface area contributed by atoms with Crippen LogP contribution in [-0.2, 0) is 0 Å². The summed E-state index contributed by atoms with van der Waals surface area (Å²) in [5.41, 5.74) is 1.59. The first-order valence-corrected chi connectivity index (χ1v) is 6.95. The van der Waals surface area contributed by atoms with Gasteiger partial charge in [-0.15, -0.1) is 0 Å². The van der Waals surface area contributed by atoms with Crippen molar-refractivity contribution in [2.45, 2.75) is 45.5 Å². The molecule has 2 rings (SSSR count). The Balaban J connectivity index is 2.14. The van der Waals surface area contributed by atoms with E-state index in [1.807, 2.05) is 6.07 Å². The highest BCUT2D eigenvalue weighted by atomic mass is 16.3. The van der Waals surface area contributed by atoms with Crippen LogP contribution in [0.15, 0.2) is 18.2 Å². The summed E-state index contributed by atoms with van der Waals surface area (Å²) in [7, 11) is 0.925.